The summed E-state index contributed by atoms with van der Waals surface area (Å²) in [5.41, 5.74) is -0.160. The van der Waals surface area contributed by atoms with E-state index in [1.807, 2.05) is 0 Å². The van der Waals surface area contributed by atoms with Crippen LogP contribution in [0.15, 0.2) is 42.6 Å². The van der Waals surface area contributed by atoms with Crippen LogP contribution < -0.4 is 4.74 Å². The van der Waals surface area contributed by atoms with Gasteiger partial charge >= 0.3 is 6.18 Å². The van der Waals surface area contributed by atoms with E-state index in [1.54, 1.807) is 24.3 Å². The molecule has 0 unspecified atom stereocenters. The first kappa shape index (κ1) is 15.0. The molecule has 110 valence electrons. The molecular weight excluding hydrogens is 283 g/mol. The molecule has 21 heavy (non-hydrogen) atoms. The Bertz CT molecular complexity index is 636. The Balaban J connectivity index is 2.13. The number of aromatic nitrogens is 1. The molecule has 0 atom stereocenters. The highest BCUT2D eigenvalue weighted by atomic mass is 19.4. The van der Waals surface area contributed by atoms with Crippen LogP contribution in [-0.4, -0.2) is 17.9 Å². The molecule has 0 amide bonds. The zero-order chi connectivity index (χ0) is 15.5. The van der Waals surface area contributed by atoms with Gasteiger partial charge in [-0.3, -0.25) is 9.78 Å². The Morgan fingerprint density at radius 1 is 1.24 bits per heavy atom. The summed E-state index contributed by atoms with van der Waals surface area (Å²) in [5, 5.41) is 0. The molecule has 6 heteroatoms. The quantitative estimate of drug-likeness (QED) is 0.810. The fraction of sp³-hybridized carbons (Fsp3) is 0.200. The van der Waals surface area contributed by atoms with E-state index in [0.717, 1.165) is 12.1 Å². The highest BCUT2D eigenvalue weighted by molar-refractivity contribution is 5.95. The minimum Gasteiger partial charge on any atom is -0.497 e. The van der Waals surface area contributed by atoms with Gasteiger partial charge in [-0.25, -0.2) is 0 Å². The summed E-state index contributed by atoms with van der Waals surface area (Å²) in [4.78, 5) is 15.6. The van der Waals surface area contributed by atoms with Crippen molar-refractivity contribution in [3.8, 4) is 5.75 Å². The number of carbonyl (C=O) groups is 1. The third kappa shape index (κ3) is 3.81. The summed E-state index contributed by atoms with van der Waals surface area (Å²) in [6.07, 6.45) is -3.74. The number of hydrogen-bond donors (Lipinski definition) is 0. The van der Waals surface area contributed by atoms with Crippen LogP contribution in [-0.2, 0) is 12.6 Å². The van der Waals surface area contributed by atoms with Crippen LogP contribution in [0.1, 0.15) is 21.6 Å². The molecule has 0 bridgehead atoms. The van der Waals surface area contributed by atoms with E-state index in [2.05, 4.69) is 4.98 Å². The van der Waals surface area contributed by atoms with Crippen LogP contribution >= 0.6 is 0 Å². The number of nitrogens with zero attached hydrogens (tertiary/aromatic N) is 1. The van der Waals surface area contributed by atoms with Gasteiger partial charge in [-0.2, -0.15) is 13.2 Å². The summed E-state index contributed by atoms with van der Waals surface area (Å²) in [5.74, 6) is 0.262. The van der Waals surface area contributed by atoms with Crippen LogP contribution in [0.2, 0.25) is 0 Å². The van der Waals surface area contributed by atoms with Gasteiger partial charge in [0, 0.05) is 12.6 Å². The molecule has 0 aliphatic heterocycles. The van der Waals surface area contributed by atoms with Crippen molar-refractivity contribution >= 4 is 5.78 Å². The molecule has 0 spiro atoms. The fourth-order valence-electron chi connectivity index (χ4n) is 1.78. The summed E-state index contributed by atoms with van der Waals surface area (Å²) < 4.78 is 42.3. The van der Waals surface area contributed by atoms with Crippen LogP contribution in [0.3, 0.4) is 0 Å². The Kier molecular flexibility index (Phi) is 4.26. The second kappa shape index (κ2) is 5.95. The molecule has 0 aliphatic rings. The second-order valence-electron chi connectivity index (χ2n) is 4.38. The predicted molar refractivity (Wildman–Crippen MR) is 70.3 cm³/mol. The van der Waals surface area contributed by atoms with E-state index in [4.69, 9.17) is 4.74 Å². The maximum Gasteiger partial charge on any atom is 0.417 e. The van der Waals surface area contributed by atoms with Gasteiger partial charge in [-0.1, -0.05) is 12.1 Å². The zero-order valence-corrected chi connectivity index (χ0v) is 11.1. The van der Waals surface area contributed by atoms with E-state index in [1.165, 1.54) is 7.11 Å². The maximum absolute atomic E-state index is 12.4. The molecule has 3 nitrogen and oxygen atoms in total. The number of halogens is 3. The molecule has 0 aliphatic carbocycles. The van der Waals surface area contributed by atoms with Crippen LogP contribution in [0.4, 0.5) is 13.2 Å². The van der Waals surface area contributed by atoms with Gasteiger partial charge in [0.15, 0.2) is 5.78 Å². The number of ketones is 1. The third-order valence-electron chi connectivity index (χ3n) is 2.88. The number of Topliss-reactive ketones (excluding diaryl/α,β-unsaturated/α-hetero) is 1. The molecule has 1 aromatic heterocycles. The number of methoxy groups -OCH3 is 1. The van der Waals surface area contributed by atoms with Crippen LogP contribution in [0.25, 0.3) is 0 Å². The molecule has 1 aromatic carbocycles. The van der Waals surface area contributed by atoms with Gasteiger partial charge in [0.25, 0.3) is 0 Å². The topological polar surface area (TPSA) is 39.2 Å². The van der Waals surface area contributed by atoms with Gasteiger partial charge in [-0.05, 0) is 29.8 Å². The lowest BCUT2D eigenvalue weighted by Crippen LogP contribution is -2.09. The normalized spacial score (nSPS) is 11.2. The van der Waals surface area contributed by atoms with Gasteiger partial charge in [-0.15, -0.1) is 0 Å². The largest absolute Gasteiger partial charge is 0.497 e. The molecule has 1 heterocycles. The molecule has 2 rings (SSSR count). The van der Waals surface area contributed by atoms with Crippen molar-refractivity contribution in [3.05, 3.63) is 59.4 Å². The third-order valence-corrected chi connectivity index (χ3v) is 2.88. The van der Waals surface area contributed by atoms with E-state index in [0.29, 0.717) is 17.5 Å². The number of hydrogen-bond acceptors (Lipinski definition) is 3. The first-order chi connectivity index (χ1) is 9.90. The highest BCUT2D eigenvalue weighted by Crippen LogP contribution is 2.28. The Morgan fingerprint density at radius 3 is 2.57 bits per heavy atom. The lowest BCUT2D eigenvalue weighted by molar-refractivity contribution is -0.137. The maximum atomic E-state index is 12.4. The van der Waals surface area contributed by atoms with Gasteiger partial charge in [0.05, 0.1) is 12.7 Å². The average Bonchev–Trinajstić information content (AvgIpc) is 2.46. The fourth-order valence-corrected chi connectivity index (χ4v) is 1.78. The molecule has 0 radical (unpaired) electrons. The molecule has 0 fully saturated rings. The van der Waals surface area contributed by atoms with E-state index in [-0.39, 0.29) is 17.9 Å². The smallest absolute Gasteiger partial charge is 0.417 e. The van der Waals surface area contributed by atoms with Crippen molar-refractivity contribution in [2.45, 2.75) is 12.6 Å². The Hall–Kier alpha value is -2.37. The second-order valence-corrected chi connectivity index (χ2v) is 4.38. The van der Waals surface area contributed by atoms with Crippen molar-refractivity contribution in [2.75, 3.05) is 7.11 Å². The minimum absolute atomic E-state index is 0.00539. The van der Waals surface area contributed by atoms with Crippen LogP contribution in [0.5, 0.6) is 5.75 Å². The monoisotopic (exact) mass is 295 g/mol. The minimum atomic E-state index is -4.46. The Labute approximate surface area is 119 Å². The summed E-state index contributed by atoms with van der Waals surface area (Å²) in [6, 6.07) is 8.86. The van der Waals surface area contributed by atoms with Gasteiger partial charge in [0.2, 0.25) is 0 Å². The van der Waals surface area contributed by atoms with Crippen molar-refractivity contribution < 1.29 is 22.7 Å². The van der Waals surface area contributed by atoms with Crippen molar-refractivity contribution in [3.63, 3.8) is 0 Å². The number of benzene rings is 1. The van der Waals surface area contributed by atoms with E-state index >= 15 is 0 Å². The number of ether oxygens (including phenoxy) is 1. The summed E-state index contributed by atoms with van der Waals surface area (Å²) >= 11 is 0. The van der Waals surface area contributed by atoms with Gasteiger partial charge < -0.3 is 4.74 Å². The molecule has 2 aromatic rings. The van der Waals surface area contributed by atoms with E-state index < -0.39 is 11.7 Å². The average molecular weight is 295 g/mol. The standard InChI is InChI=1S/C15H12F3NO2/c1-21-12-4-2-3-10(7-12)8-14(20)13-6-5-11(9-19-13)15(16,17)18/h2-7,9H,8H2,1H3. The van der Waals surface area contributed by atoms with E-state index in [9.17, 15) is 18.0 Å². The SMILES string of the molecule is COc1cccc(CC(=O)c2ccc(C(F)(F)F)cn2)c1. The lowest BCUT2D eigenvalue weighted by Gasteiger charge is -2.07. The summed E-state index contributed by atoms with van der Waals surface area (Å²) in [7, 11) is 1.51. The Morgan fingerprint density at radius 2 is 2.00 bits per heavy atom. The lowest BCUT2D eigenvalue weighted by atomic mass is 10.1. The molecule has 0 saturated heterocycles. The zero-order valence-electron chi connectivity index (χ0n) is 11.1. The highest BCUT2D eigenvalue weighted by Gasteiger charge is 2.30. The van der Waals surface area contributed by atoms with Crippen LogP contribution in [0, 0.1) is 0 Å². The molecule has 0 N–H and O–H groups in total. The number of alkyl halides is 3. The number of carbonyl (C=O) groups excluding carboxylic acids is 1. The molecular formula is C15H12F3NO2. The number of pyridine rings is 1. The molecule has 0 saturated carbocycles. The summed E-state index contributed by atoms with van der Waals surface area (Å²) in [6.45, 7) is 0. The number of rotatable bonds is 4. The predicted octanol–water partition coefficient (Wildman–Crippen LogP) is 3.53. The first-order valence-electron chi connectivity index (χ1n) is 6.09. The van der Waals surface area contributed by atoms with Gasteiger partial charge in [0.1, 0.15) is 11.4 Å². The van der Waals surface area contributed by atoms with Crippen molar-refractivity contribution in [2.24, 2.45) is 0 Å². The first-order valence-corrected chi connectivity index (χ1v) is 6.09. The van der Waals surface area contributed by atoms with Crippen molar-refractivity contribution in [1.29, 1.82) is 0 Å². The van der Waals surface area contributed by atoms with Crippen molar-refractivity contribution in [1.82, 2.24) is 4.98 Å².